The SMILES string of the molecule is CC(C(=O)NC(=O)NC1CCCCC1)N1CCN(S(=O)(=O)c2ccc(F)c(Cl)c2)CC1. The van der Waals surface area contributed by atoms with Gasteiger partial charge >= 0.3 is 6.03 Å². The van der Waals surface area contributed by atoms with Crippen molar-refractivity contribution in [2.75, 3.05) is 26.2 Å². The molecule has 0 radical (unpaired) electrons. The number of piperazine rings is 1. The number of amides is 3. The summed E-state index contributed by atoms with van der Waals surface area (Å²) in [6, 6.07) is 2.34. The summed E-state index contributed by atoms with van der Waals surface area (Å²) in [5.74, 6) is -1.10. The molecule has 0 aromatic heterocycles. The number of hydrogen-bond donors (Lipinski definition) is 2. The number of carbonyl (C=O) groups is 2. The van der Waals surface area contributed by atoms with Crippen LogP contribution in [0.1, 0.15) is 39.0 Å². The van der Waals surface area contributed by atoms with Gasteiger partial charge in [-0.3, -0.25) is 15.0 Å². The second-order valence-electron chi connectivity index (χ2n) is 7.99. The van der Waals surface area contributed by atoms with Gasteiger partial charge in [0, 0.05) is 32.2 Å². The van der Waals surface area contributed by atoms with Crippen molar-refractivity contribution in [3.63, 3.8) is 0 Å². The fourth-order valence-corrected chi connectivity index (χ4v) is 5.66. The smallest absolute Gasteiger partial charge is 0.321 e. The van der Waals surface area contributed by atoms with Crippen LogP contribution in [0.15, 0.2) is 23.1 Å². The van der Waals surface area contributed by atoms with Gasteiger partial charge in [-0.2, -0.15) is 4.31 Å². The lowest BCUT2D eigenvalue weighted by atomic mass is 9.96. The molecule has 1 aliphatic carbocycles. The van der Waals surface area contributed by atoms with Crippen LogP contribution >= 0.6 is 11.6 Å². The van der Waals surface area contributed by atoms with Gasteiger partial charge in [0.1, 0.15) is 5.82 Å². The van der Waals surface area contributed by atoms with Gasteiger partial charge in [-0.05, 0) is 38.0 Å². The van der Waals surface area contributed by atoms with Crippen molar-refractivity contribution < 1.29 is 22.4 Å². The summed E-state index contributed by atoms with van der Waals surface area (Å²) in [5.41, 5.74) is 0. The second-order valence-corrected chi connectivity index (χ2v) is 10.3. The molecule has 1 unspecified atom stereocenters. The zero-order chi connectivity index (χ0) is 22.6. The molecule has 31 heavy (non-hydrogen) atoms. The Morgan fingerprint density at radius 2 is 1.77 bits per heavy atom. The van der Waals surface area contributed by atoms with Crippen LogP contribution in [0.25, 0.3) is 0 Å². The molecule has 1 heterocycles. The van der Waals surface area contributed by atoms with E-state index < -0.39 is 33.8 Å². The lowest BCUT2D eigenvalue weighted by Gasteiger charge is -2.36. The van der Waals surface area contributed by atoms with Crippen molar-refractivity contribution >= 4 is 33.6 Å². The molecule has 1 aromatic carbocycles. The Hall–Kier alpha value is -1.75. The van der Waals surface area contributed by atoms with Gasteiger partial charge < -0.3 is 5.32 Å². The number of carbonyl (C=O) groups excluding carboxylic acids is 2. The average molecular weight is 475 g/mol. The first-order chi connectivity index (χ1) is 14.7. The summed E-state index contributed by atoms with van der Waals surface area (Å²) in [7, 11) is -3.82. The maximum atomic E-state index is 13.4. The van der Waals surface area contributed by atoms with Gasteiger partial charge in [0.05, 0.1) is 16.0 Å². The molecule has 0 spiro atoms. The van der Waals surface area contributed by atoms with E-state index in [-0.39, 0.29) is 29.0 Å². The summed E-state index contributed by atoms with van der Waals surface area (Å²) in [6.45, 7) is 2.68. The number of sulfonamides is 1. The summed E-state index contributed by atoms with van der Waals surface area (Å²) < 4.78 is 40.2. The molecular formula is C20H28ClFN4O4S. The monoisotopic (exact) mass is 474 g/mol. The Morgan fingerprint density at radius 1 is 1.13 bits per heavy atom. The molecule has 1 atom stereocenters. The number of nitrogens with one attached hydrogen (secondary N) is 2. The molecule has 3 rings (SSSR count). The molecule has 3 amide bonds. The van der Waals surface area contributed by atoms with Crippen LogP contribution in [0.3, 0.4) is 0 Å². The van der Waals surface area contributed by atoms with Gasteiger partial charge in [0.15, 0.2) is 0 Å². The van der Waals surface area contributed by atoms with Crippen molar-refractivity contribution in [2.45, 2.75) is 56.0 Å². The van der Waals surface area contributed by atoms with Crippen molar-refractivity contribution in [1.29, 1.82) is 0 Å². The Bertz CT molecular complexity index is 916. The topological polar surface area (TPSA) is 98.8 Å². The molecule has 1 saturated carbocycles. The minimum absolute atomic E-state index is 0.0717. The minimum atomic E-state index is -3.82. The standard InChI is InChI=1S/C20H28ClFN4O4S/c1-14(19(27)24-20(28)23-15-5-3-2-4-6-15)25-9-11-26(12-10-25)31(29,30)16-7-8-18(22)17(21)13-16/h7-8,13-15H,2-6,9-12H2,1H3,(H2,23,24,27,28). The Balaban J connectivity index is 1.51. The molecule has 172 valence electrons. The Morgan fingerprint density at radius 3 is 2.39 bits per heavy atom. The van der Waals surface area contributed by atoms with Gasteiger partial charge in [-0.25, -0.2) is 17.6 Å². The van der Waals surface area contributed by atoms with E-state index in [1.807, 2.05) is 4.90 Å². The van der Waals surface area contributed by atoms with Crippen molar-refractivity contribution in [3.8, 4) is 0 Å². The van der Waals surface area contributed by atoms with Crippen LogP contribution in [0.5, 0.6) is 0 Å². The molecule has 11 heteroatoms. The third kappa shape index (κ3) is 5.94. The lowest BCUT2D eigenvalue weighted by Crippen LogP contribution is -2.56. The summed E-state index contributed by atoms with van der Waals surface area (Å²) in [6.07, 6.45) is 5.17. The van der Waals surface area contributed by atoms with E-state index in [1.165, 1.54) is 16.8 Å². The molecular weight excluding hydrogens is 447 g/mol. The molecule has 8 nitrogen and oxygen atoms in total. The molecule has 2 fully saturated rings. The summed E-state index contributed by atoms with van der Waals surface area (Å²) in [5, 5.41) is 4.98. The largest absolute Gasteiger partial charge is 0.335 e. The molecule has 0 bridgehead atoms. The minimum Gasteiger partial charge on any atom is -0.335 e. The van der Waals surface area contributed by atoms with Crippen LogP contribution in [-0.4, -0.2) is 67.8 Å². The molecule has 1 aromatic rings. The Labute approximate surface area is 187 Å². The maximum Gasteiger partial charge on any atom is 0.321 e. The number of imide groups is 1. The fourth-order valence-electron chi connectivity index (χ4n) is 3.97. The number of benzene rings is 1. The first kappa shape index (κ1) is 23.9. The first-order valence-electron chi connectivity index (χ1n) is 10.5. The van der Waals surface area contributed by atoms with Gasteiger partial charge in [0.25, 0.3) is 0 Å². The third-order valence-electron chi connectivity index (χ3n) is 5.91. The van der Waals surface area contributed by atoms with Crippen LogP contribution in [0.2, 0.25) is 5.02 Å². The summed E-state index contributed by atoms with van der Waals surface area (Å²) in [4.78, 5) is 26.3. The van der Waals surface area contributed by atoms with E-state index in [2.05, 4.69) is 10.6 Å². The maximum absolute atomic E-state index is 13.4. The molecule has 2 aliphatic rings. The van der Waals surface area contributed by atoms with E-state index in [9.17, 15) is 22.4 Å². The van der Waals surface area contributed by atoms with Crippen molar-refractivity contribution in [2.24, 2.45) is 0 Å². The summed E-state index contributed by atoms with van der Waals surface area (Å²) >= 11 is 5.72. The van der Waals surface area contributed by atoms with E-state index in [0.29, 0.717) is 13.1 Å². The Kier molecular flexibility index (Phi) is 7.90. The van der Waals surface area contributed by atoms with Gasteiger partial charge in [0.2, 0.25) is 15.9 Å². The quantitative estimate of drug-likeness (QED) is 0.682. The fraction of sp³-hybridized carbons (Fsp3) is 0.600. The predicted octanol–water partition coefficient (Wildman–Crippen LogP) is 2.33. The third-order valence-corrected chi connectivity index (χ3v) is 8.09. The van der Waals surface area contributed by atoms with E-state index in [4.69, 9.17) is 11.6 Å². The number of rotatable bonds is 5. The molecule has 1 saturated heterocycles. The number of halogens is 2. The average Bonchev–Trinajstić information content (AvgIpc) is 2.75. The molecule has 2 N–H and O–H groups in total. The van der Waals surface area contributed by atoms with Gasteiger partial charge in [-0.1, -0.05) is 30.9 Å². The number of hydrogen-bond acceptors (Lipinski definition) is 5. The van der Waals surface area contributed by atoms with Gasteiger partial charge in [-0.15, -0.1) is 0 Å². The highest BCUT2D eigenvalue weighted by molar-refractivity contribution is 7.89. The zero-order valence-corrected chi connectivity index (χ0v) is 19.0. The zero-order valence-electron chi connectivity index (χ0n) is 17.4. The predicted molar refractivity (Wildman–Crippen MR) is 115 cm³/mol. The first-order valence-corrected chi connectivity index (χ1v) is 12.3. The van der Waals surface area contributed by atoms with Crippen LogP contribution in [-0.2, 0) is 14.8 Å². The molecule has 1 aliphatic heterocycles. The highest BCUT2D eigenvalue weighted by Gasteiger charge is 2.32. The van der Waals surface area contributed by atoms with Crippen molar-refractivity contribution in [3.05, 3.63) is 29.0 Å². The normalized spacial score (nSPS) is 20.2. The lowest BCUT2D eigenvalue weighted by molar-refractivity contribution is -0.125. The van der Waals surface area contributed by atoms with E-state index >= 15 is 0 Å². The van der Waals surface area contributed by atoms with E-state index in [1.54, 1.807) is 6.92 Å². The highest BCUT2D eigenvalue weighted by Crippen LogP contribution is 2.23. The highest BCUT2D eigenvalue weighted by atomic mass is 35.5. The number of urea groups is 1. The number of nitrogens with zero attached hydrogens (tertiary/aromatic N) is 2. The van der Waals surface area contributed by atoms with E-state index in [0.717, 1.165) is 37.8 Å². The van der Waals surface area contributed by atoms with Crippen molar-refractivity contribution in [1.82, 2.24) is 19.8 Å². The van der Waals surface area contributed by atoms with Crippen LogP contribution < -0.4 is 10.6 Å². The van der Waals surface area contributed by atoms with Crippen LogP contribution in [0, 0.1) is 5.82 Å². The second kappa shape index (κ2) is 10.2. The van der Waals surface area contributed by atoms with Crippen LogP contribution in [0.4, 0.5) is 9.18 Å².